The van der Waals surface area contributed by atoms with Crippen molar-refractivity contribution in [2.45, 2.75) is 23.8 Å². The Morgan fingerprint density at radius 3 is 2.79 bits per heavy atom. The smallest absolute Gasteiger partial charge is 0.0311 e. The zero-order valence-corrected chi connectivity index (χ0v) is 14.2. The molecule has 1 heterocycles. The minimum absolute atomic E-state index is 0.555. The minimum atomic E-state index is 0.555. The Morgan fingerprint density at radius 1 is 1.26 bits per heavy atom. The summed E-state index contributed by atoms with van der Waals surface area (Å²) in [6.45, 7) is 0. The van der Waals surface area contributed by atoms with Crippen molar-refractivity contribution >= 4 is 39.0 Å². The van der Waals surface area contributed by atoms with E-state index >= 15 is 0 Å². The molecule has 1 nitrogen and oxygen atoms in total. The summed E-state index contributed by atoms with van der Waals surface area (Å²) in [6.07, 6.45) is 2.36. The lowest BCUT2D eigenvalue weighted by Gasteiger charge is -2.15. The van der Waals surface area contributed by atoms with Gasteiger partial charge < -0.3 is 5.32 Å². The van der Waals surface area contributed by atoms with Crippen LogP contribution >= 0.6 is 39.0 Å². The quantitative estimate of drug-likeness (QED) is 0.714. The van der Waals surface area contributed by atoms with Gasteiger partial charge in [-0.25, -0.2) is 0 Å². The van der Waals surface area contributed by atoms with Crippen LogP contribution in [0.15, 0.2) is 51.1 Å². The van der Waals surface area contributed by atoms with E-state index in [1.54, 1.807) is 0 Å². The van der Waals surface area contributed by atoms with Crippen molar-refractivity contribution in [2.24, 2.45) is 0 Å². The number of thioether (sulfide) groups is 1. The van der Waals surface area contributed by atoms with Gasteiger partial charge in [0.25, 0.3) is 0 Å². The van der Waals surface area contributed by atoms with Gasteiger partial charge in [-0.3, -0.25) is 0 Å². The Labute approximate surface area is 131 Å². The maximum Gasteiger partial charge on any atom is 0.0311 e. The Balaban J connectivity index is 1.81. The van der Waals surface area contributed by atoms with E-state index in [9.17, 15) is 0 Å². The third kappa shape index (κ3) is 4.95. The molecule has 2 aromatic rings. The van der Waals surface area contributed by atoms with E-state index in [2.05, 4.69) is 70.1 Å². The zero-order valence-electron chi connectivity index (χ0n) is 10.9. The molecule has 102 valence electrons. The van der Waals surface area contributed by atoms with E-state index in [1.165, 1.54) is 27.1 Å². The first-order chi connectivity index (χ1) is 9.29. The van der Waals surface area contributed by atoms with Crippen molar-refractivity contribution < 1.29 is 0 Å². The molecule has 1 aromatic heterocycles. The molecule has 1 atom stereocenters. The summed E-state index contributed by atoms with van der Waals surface area (Å²) >= 11 is 7.36. The molecule has 0 aliphatic heterocycles. The first kappa shape index (κ1) is 15.1. The number of nitrogens with one attached hydrogen (secondary N) is 1. The molecule has 0 fully saturated rings. The van der Waals surface area contributed by atoms with Gasteiger partial charge in [-0.2, -0.15) is 0 Å². The van der Waals surface area contributed by atoms with E-state index in [0.717, 1.165) is 5.75 Å². The fraction of sp³-hybridized carbons (Fsp3) is 0.333. The van der Waals surface area contributed by atoms with E-state index in [1.807, 2.05) is 23.1 Å². The molecular formula is C15H18BrNS2. The van der Waals surface area contributed by atoms with Crippen LogP contribution in [-0.2, 0) is 6.42 Å². The summed E-state index contributed by atoms with van der Waals surface area (Å²) in [7, 11) is 2.06. The normalized spacial score (nSPS) is 12.5. The van der Waals surface area contributed by atoms with Crippen LogP contribution in [0.4, 0.5) is 0 Å². The molecule has 0 amide bonds. The fourth-order valence-electron chi connectivity index (χ4n) is 1.83. The number of aryl methyl sites for hydroxylation is 1. The zero-order chi connectivity index (χ0) is 13.5. The predicted octanol–water partition coefficient (Wildman–Crippen LogP) is 4.82. The van der Waals surface area contributed by atoms with Crippen LogP contribution in [0.25, 0.3) is 0 Å². The van der Waals surface area contributed by atoms with Crippen molar-refractivity contribution in [3.63, 3.8) is 0 Å². The van der Waals surface area contributed by atoms with Gasteiger partial charge in [-0.15, -0.1) is 23.1 Å². The van der Waals surface area contributed by atoms with E-state index in [-0.39, 0.29) is 0 Å². The SMILES string of the molecule is CNC(CCc1cccs1)CSc1ccccc1Br. The summed E-state index contributed by atoms with van der Waals surface area (Å²) in [5.74, 6) is 1.10. The standard InChI is InChI=1S/C15H18BrNS2/c1-17-12(8-9-13-5-4-10-18-13)11-19-15-7-3-2-6-14(15)16/h2-7,10,12,17H,8-9,11H2,1H3. The average molecular weight is 356 g/mol. The van der Waals surface area contributed by atoms with Crippen LogP contribution in [0.2, 0.25) is 0 Å². The molecule has 0 saturated heterocycles. The molecular weight excluding hydrogens is 338 g/mol. The van der Waals surface area contributed by atoms with Gasteiger partial charge in [0, 0.05) is 26.0 Å². The molecule has 0 saturated carbocycles. The highest BCUT2D eigenvalue weighted by molar-refractivity contribution is 9.10. The first-order valence-electron chi connectivity index (χ1n) is 6.36. The Hall–Kier alpha value is -0.290. The third-order valence-electron chi connectivity index (χ3n) is 3.00. The monoisotopic (exact) mass is 355 g/mol. The summed E-state index contributed by atoms with van der Waals surface area (Å²) in [5, 5.41) is 5.58. The molecule has 1 N–H and O–H groups in total. The van der Waals surface area contributed by atoms with Crippen LogP contribution in [0.3, 0.4) is 0 Å². The van der Waals surface area contributed by atoms with Crippen LogP contribution in [-0.4, -0.2) is 18.8 Å². The number of hydrogen-bond acceptors (Lipinski definition) is 3. The molecule has 1 unspecified atom stereocenters. The highest BCUT2D eigenvalue weighted by Crippen LogP contribution is 2.28. The second kappa shape index (κ2) is 8.10. The number of hydrogen-bond donors (Lipinski definition) is 1. The molecule has 0 aliphatic rings. The molecule has 2 rings (SSSR count). The summed E-state index contributed by atoms with van der Waals surface area (Å²) < 4.78 is 1.19. The molecule has 19 heavy (non-hydrogen) atoms. The third-order valence-corrected chi connectivity index (χ3v) is 6.13. The second-order valence-electron chi connectivity index (χ2n) is 4.35. The number of thiophene rings is 1. The average Bonchev–Trinajstić information content (AvgIpc) is 2.94. The minimum Gasteiger partial charge on any atom is -0.316 e. The lowest BCUT2D eigenvalue weighted by molar-refractivity contribution is 0.575. The largest absolute Gasteiger partial charge is 0.316 e. The van der Waals surface area contributed by atoms with Gasteiger partial charge in [0.05, 0.1) is 0 Å². The second-order valence-corrected chi connectivity index (χ2v) is 7.29. The first-order valence-corrected chi connectivity index (χ1v) is 9.02. The fourth-order valence-corrected chi connectivity index (χ4v) is 4.28. The summed E-state index contributed by atoms with van der Waals surface area (Å²) in [4.78, 5) is 2.80. The van der Waals surface area contributed by atoms with Crippen molar-refractivity contribution in [3.8, 4) is 0 Å². The van der Waals surface area contributed by atoms with Crippen molar-refractivity contribution in [1.82, 2.24) is 5.32 Å². The highest BCUT2D eigenvalue weighted by Gasteiger charge is 2.09. The van der Waals surface area contributed by atoms with Gasteiger partial charge in [-0.1, -0.05) is 18.2 Å². The van der Waals surface area contributed by atoms with Crippen LogP contribution < -0.4 is 5.32 Å². The van der Waals surface area contributed by atoms with Crippen molar-refractivity contribution in [1.29, 1.82) is 0 Å². The molecule has 0 bridgehead atoms. The Kier molecular flexibility index (Phi) is 6.44. The molecule has 0 spiro atoms. The molecule has 4 heteroatoms. The van der Waals surface area contributed by atoms with Gasteiger partial charge in [0.2, 0.25) is 0 Å². The van der Waals surface area contributed by atoms with Crippen LogP contribution in [0.1, 0.15) is 11.3 Å². The van der Waals surface area contributed by atoms with Crippen LogP contribution in [0, 0.1) is 0 Å². The highest BCUT2D eigenvalue weighted by atomic mass is 79.9. The molecule has 0 aliphatic carbocycles. The van der Waals surface area contributed by atoms with Gasteiger partial charge in [0.15, 0.2) is 0 Å². The van der Waals surface area contributed by atoms with E-state index in [0.29, 0.717) is 6.04 Å². The number of rotatable bonds is 7. The topological polar surface area (TPSA) is 12.0 Å². The molecule has 0 radical (unpaired) electrons. The van der Waals surface area contributed by atoms with E-state index < -0.39 is 0 Å². The van der Waals surface area contributed by atoms with E-state index in [4.69, 9.17) is 0 Å². The van der Waals surface area contributed by atoms with Crippen molar-refractivity contribution in [3.05, 3.63) is 51.1 Å². The summed E-state index contributed by atoms with van der Waals surface area (Å²) in [5.41, 5.74) is 0. The number of benzene rings is 1. The van der Waals surface area contributed by atoms with Crippen molar-refractivity contribution in [2.75, 3.05) is 12.8 Å². The Morgan fingerprint density at radius 2 is 2.11 bits per heavy atom. The summed E-state index contributed by atoms with van der Waals surface area (Å²) in [6, 6.07) is 13.3. The number of halogens is 1. The lowest BCUT2D eigenvalue weighted by Crippen LogP contribution is -2.28. The maximum absolute atomic E-state index is 3.60. The Bertz CT molecular complexity index is 485. The molecule has 1 aromatic carbocycles. The lowest BCUT2D eigenvalue weighted by atomic mass is 10.1. The van der Waals surface area contributed by atoms with Gasteiger partial charge in [-0.05, 0) is 59.4 Å². The van der Waals surface area contributed by atoms with Gasteiger partial charge in [0.1, 0.15) is 0 Å². The predicted molar refractivity (Wildman–Crippen MR) is 90.4 cm³/mol. The van der Waals surface area contributed by atoms with Crippen LogP contribution in [0.5, 0.6) is 0 Å². The van der Waals surface area contributed by atoms with Gasteiger partial charge >= 0.3 is 0 Å². The maximum atomic E-state index is 3.60.